The molecule has 0 aromatic carbocycles. The van der Waals surface area contributed by atoms with Crippen LogP contribution in [-0.2, 0) is 9.53 Å². The zero-order chi connectivity index (χ0) is 11.5. The van der Waals surface area contributed by atoms with Crippen LogP contribution in [0.2, 0.25) is 0 Å². The van der Waals surface area contributed by atoms with Crippen LogP contribution in [0.25, 0.3) is 0 Å². The predicted molar refractivity (Wildman–Crippen MR) is 61.5 cm³/mol. The molecule has 0 saturated heterocycles. The van der Waals surface area contributed by atoms with Crippen LogP contribution >= 0.6 is 0 Å². The average Bonchev–Trinajstić information content (AvgIpc) is 2.23. The van der Waals surface area contributed by atoms with Gasteiger partial charge in [-0.05, 0) is 30.6 Å². The Balaban J connectivity index is 2.56. The second-order valence-corrected chi connectivity index (χ2v) is 4.96. The zero-order valence-corrected chi connectivity index (χ0v) is 10.1. The maximum Gasteiger partial charge on any atom is 0.305 e. The highest BCUT2D eigenvalue weighted by atomic mass is 16.5. The van der Waals surface area contributed by atoms with Crippen molar-refractivity contribution in [1.29, 1.82) is 0 Å². The number of rotatable bonds is 3. The van der Waals surface area contributed by atoms with Crippen LogP contribution in [0.15, 0.2) is 12.2 Å². The van der Waals surface area contributed by atoms with Crippen molar-refractivity contribution in [3.63, 3.8) is 0 Å². The van der Waals surface area contributed by atoms with Crippen molar-refractivity contribution in [3.05, 3.63) is 12.2 Å². The minimum atomic E-state index is -0.109. The Labute approximate surface area is 92.7 Å². The normalized spacial score (nSPS) is 31.4. The summed E-state index contributed by atoms with van der Waals surface area (Å²) in [7, 11) is 1.45. The van der Waals surface area contributed by atoms with Gasteiger partial charge in [0.15, 0.2) is 0 Å². The molecule has 1 fully saturated rings. The Morgan fingerprint density at radius 3 is 2.93 bits per heavy atom. The molecular weight excluding hydrogens is 188 g/mol. The van der Waals surface area contributed by atoms with E-state index in [1.807, 2.05) is 0 Å². The lowest BCUT2D eigenvalue weighted by Gasteiger charge is -2.39. The van der Waals surface area contributed by atoms with Gasteiger partial charge < -0.3 is 4.74 Å². The highest BCUT2D eigenvalue weighted by Crippen LogP contribution is 2.45. The van der Waals surface area contributed by atoms with E-state index in [0.717, 1.165) is 12.8 Å². The van der Waals surface area contributed by atoms with Gasteiger partial charge in [-0.15, -0.1) is 0 Å². The standard InChI is InChI=1S/C13H22O2/c1-10-6-5-8-13(3,11(10)2)9-7-12(14)15-4/h10H,2,5-9H2,1,3-4H3/t10-,13-/m1/s1. The molecule has 0 bridgehead atoms. The van der Waals surface area contributed by atoms with Gasteiger partial charge in [-0.1, -0.05) is 32.4 Å². The van der Waals surface area contributed by atoms with Crippen molar-refractivity contribution in [1.82, 2.24) is 0 Å². The first-order valence-electron chi connectivity index (χ1n) is 5.75. The van der Waals surface area contributed by atoms with Gasteiger partial charge in [-0.3, -0.25) is 4.79 Å². The molecule has 0 spiro atoms. The quantitative estimate of drug-likeness (QED) is 0.527. The summed E-state index contributed by atoms with van der Waals surface area (Å²) in [6, 6.07) is 0. The Hall–Kier alpha value is -0.790. The third-order valence-corrected chi connectivity index (χ3v) is 3.84. The lowest BCUT2D eigenvalue weighted by molar-refractivity contribution is -0.141. The number of hydrogen-bond donors (Lipinski definition) is 0. The maximum absolute atomic E-state index is 11.1. The van der Waals surface area contributed by atoms with Crippen LogP contribution in [0.5, 0.6) is 0 Å². The summed E-state index contributed by atoms with van der Waals surface area (Å²) in [4.78, 5) is 11.1. The minimum Gasteiger partial charge on any atom is -0.469 e. The molecule has 0 amide bonds. The molecule has 2 heteroatoms. The van der Waals surface area contributed by atoms with Crippen molar-refractivity contribution in [2.45, 2.75) is 46.0 Å². The van der Waals surface area contributed by atoms with Crippen molar-refractivity contribution in [3.8, 4) is 0 Å². The van der Waals surface area contributed by atoms with Crippen LogP contribution in [0, 0.1) is 11.3 Å². The van der Waals surface area contributed by atoms with Gasteiger partial charge in [0.25, 0.3) is 0 Å². The van der Waals surface area contributed by atoms with Crippen LogP contribution in [0.4, 0.5) is 0 Å². The molecule has 2 nitrogen and oxygen atoms in total. The van der Waals surface area contributed by atoms with E-state index in [0.29, 0.717) is 12.3 Å². The van der Waals surface area contributed by atoms with Crippen molar-refractivity contribution < 1.29 is 9.53 Å². The van der Waals surface area contributed by atoms with Gasteiger partial charge in [0.1, 0.15) is 0 Å². The smallest absolute Gasteiger partial charge is 0.305 e. The summed E-state index contributed by atoms with van der Waals surface area (Å²) < 4.78 is 4.68. The number of hydrogen-bond acceptors (Lipinski definition) is 2. The number of ether oxygens (including phenoxy) is 1. The van der Waals surface area contributed by atoms with Crippen molar-refractivity contribution >= 4 is 5.97 Å². The molecule has 1 rings (SSSR count). The molecule has 2 atom stereocenters. The molecular formula is C13H22O2. The number of allylic oxidation sites excluding steroid dienone is 1. The van der Waals surface area contributed by atoms with E-state index in [1.165, 1.54) is 25.5 Å². The number of carbonyl (C=O) groups excluding carboxylic acids is 1. The summed E-state index contributed by atoms with van der Waals surface area (Å²) in [6.45, 7) is 8.66. The molecule has 0 unspecified atom stereocenters. The van der Waals surface area contributed by atoms with E-state index >= 15 is 0 Å². The first-order valence-corrected chi connectivity index (χ1v) is 5.75. The molecule has 0 radical (unpaired) electrons. The lowest BCUT2D eigenvalue weighted by atomic mass is 9.66. The first kappa shape index (κ1) is 12.3. The Morgan fingerprint density at radius 2 is 2.33 bits per heavy atom. The van der Waals surface area contributed by atoms with Gasteiger partial charge in [-0.2, -0.15) is 0 Å². The zero-order valence-electron chi connectivity index (χ0n) is 10.1. The largest absolute Gasteiger partial charge is 0.469 e. The van der Waals surface area contributed by atoms with Crippen LogP contribution in [0.3, 0.4) is 0 Å². The Kier molecular flexibility index (Phi) is 3.95. The molecule has 1 aliphatic carbocycles. The Morgan fingerprint density at radius 1 is 1.67 bits per heavy atom. The van der Waals surface area contributed by atoms with Gasteiger partial charge in [0.05, 0.1) is 7.11 Å². The third kappa shape index (κ3) is 2.83. The summed E-state index contributed by atoms with van der Waals surface area (Å²) in [5.41, 5.74) is 1.46. The third-order valence-electron chi connectivity index (χ3n) is 3.84. The molecule has 1 aliphatic rings. The number of methoxy groups -OCH3 is 1. The molecule has 1 saturated carbocycles. The molecule has 0 aromatic rings. The van der Waals surface area contributed by atoms with Crippen LogP contribution in [-0.4, -0.2) is 13.1 Å². The SMILES string of the molecule is C=C1[C@H](C)CCC[C@]1(C)CCC(=O)OC. The van der Waals surface area contributed by atoms with Gasteiger partial charge in [-0.25, -0.2) is 0 Å². The maximum atomic E-state index is 11.1. The monoisotopic (exact) mass is 210 g/mol. The number of esters is 1. The predicted octanol–water partition coefficient (Wildman–Crippen LogP) is 3.32. The van der Waals surface area contributed by atoms with E-state index < -0.39 is 0 Å². The topological polar surface area (TPSA) is 26.3 Å². The molecule has 0 N–H and O–H groups in total. The second-order valence-electron chi connectivity index (χ2n) is 4.96. The minimum absolute atomic E-state index is 0.109. The summed E-state index contributed by atoms with van der Waals surface area (Å²) in [5, 5.41) is 0. The fourth-order valence-corrected chi connectivity index (χ4v) is 2.49. The average molecular weight is 210 g/mol. The fourth-order valence-electron chi connectivity index (χ4n) is 2.49. The van der Waals surface area contributed by atoms with Gasteiger partial charge in [0.2, 0.25) is 0 Å². The summed E-state index contributed by atoms with van der Waals surface area (Å²) >= 11 is 0. The van der Waals surface area contributed by atoms with Crippen LogP contribution in [0.1, 0.15) is 46.0 Å². The highest BCUT2D eigenvalue weighted by molar-refractivity contribution is 5.69. The highest BCUT2D eigenvalue weighted by Gasteiger charge is 2.34. The molecule has 15 heavy (non-hydrogen) atoms. The van der Waals surface area contributed by atoms with E-state index in [1.54, 1.807) is 0 Å². The van der Waals surface area contributed by atoms with E-state index in [-0.39, 0.29) is 11.4 Å². The molecule has 0 aromatic heterocycles. The van der Waals surface area contributed by atoms with Crippen molar-refractivity contribution in [2.24, 2.45) is 11.3 Å². The lowest BCUT2D eigenvalue weighted by Crippen LogP contribution is -2.28. The van der Waals surface area contributed by atoms with Crippen molar-refractivity contribution in [2.75, 3.05) is 7.11 Å². The molecule has 0 heterocycles. The summed E-state index contributed by atoms with van der Waals surface area (Å²) in [6.07, 6.45) is 5.04. The summed E-state index contributed by atoms with van der Waals surface area (Å²) in [5.74, 6) is 0.489. The van der Waals surface area contributed by atoms with Gasteiger partial charge in [0, 0.05) is 6.42 Å². The molecule has 0 aliphatic heterocycles. The first-order chi connectivity index (χ1) is 6.99. The number of carbonyl (C=O) groups is 1. The van der Waals surface area contributed by atoms with E-state index in [9.17, 15) is 4.79 Å². The van der Waals surface area contributed by atoms with Crippen LogP contribution < -0.4 is 0 Å². The van der Waals surface area contributed by atoms with Gasteiger partial charge >= 0.3 is 5.97 Å². The van der Waals surface area contributed by atoms with E-state index in [2.05, 4.69) is 25.2 Å². The Bertz CT molecular complexity index is 257. The fraction of sp³-hybridized carbons (Fsp3) is 0.769. The molecule has 86 valence electrons. The van der Waals surface area contributed by atoms with E-state index in [4.69, 9.17) is 0 Å². The second kappa shape index (κ2) is 4.82.